The predicted molar refractivity (Wildman–Crippen MR) is 72.9 cm³/mol. The molecule has 104 valence electrons. The van der Waals surface area contributed by atoms with Crippen molar-refractivity contribution in [2.75, 3.05) is 25.0 Å². The van der Waals surface area contributed by atoms with E-state index in [-0.39, 0.29) is 10.8 Å². The standard InChI is InChI=1S/C12H17N3O3S/c1-7-8(9(16)17)19-11(13-7)15-6-5-14(4)10(18)12(15,2)3/h5-6H2,1-4H3,(H,16,17). The molecule has 19 heavy (non-hydrogen) atoms. The van der Waals surface area contributed by atoms with Gasteiger partial charge in [0, 0.05) is 20.1 Å². The molecule has 2 heterocycles. The van der Waals surface area contributed by atoms with Crippen molar-refractivity contribution in [3.8, 4) is 0 Å². The molecular formula is C12H17N3O3S. The first-order valence-electron chi connectivity index (χ1n) is 5.99. The molecule has 1 aliphatic rings. The molecule has 0 aliphatic carbocycles. The fourth-order valence-electron chi connectivity index (χ4n) is 2.24. The third-order valence-corrected chi connectivity index (χ3v) is 4.58. The lowest BCUT2D eigenvalue weighted by Crippen LogP contribution is -2.62. The van der Waals surface area contributed by atoms with Gasteiger partial charge in [0.1, 0.15) is 10.4 Å². The molecule has 0 bridgehead atoms. The van der Waals surface area contributed by atoms with E-state index in [9.17, 15) is 9.59 Å². The molecule has 0 spiro atoms. The Morgan fingerprint density at radius 3 is 2.58 bits per heavy atom. The summed E-state index contributed by atoms with van der Waals surface area (Å²) in [5, 5.41) is 9.68. The van der Waals surface area contributed by atoms with Gasteiger partial charge in [0.2, 0.25) is 5.91 Å². The molecule has 1 aromatic rings. The Morgan fingerprint density at radius 1 is 1.42 bits per heavy atom. The number of carbonyl (C=O) groups excluding carboxylic acids is 1. The number of carboxylic acids is 1. The van der Waals surface area contributed by atoms with Gasteiger partial charge in [-0.1, -0.05) is 11.3 Å². The molecule has 0 unspecified atom stereocenters. The van der Waals surface area contributed by atoms with Crippen LogP contribution in [-0.2, 0) is 4.79 Å². The van der Waals surface area contributed by atoms with Gasteiger partial charge >= 0.3 is 5.97 Å². The number of carboxylic acid groups (broad SMARTS) is 1. The topological polar surface area (TPSA) is 73.7 Å². The van der Waals surface area contributed by atoms with E-state index in [0.717, 1.165) is 11.3 Å². The smallest absolute Gasteiger partial charge is 0.347 e. The molecule has 0 atom stereocenters. The largest absolute Gasteiger partial charge is 0.477 e. The third-order valence-electron chi connectivity index (χ3n) is 3.41. The Kier molecular flexibility index (Phi) is 3.25. The Hall–Kier alpha value is -1.63. The van der Waals surface area contributed by atoms with E-state index in [2.05, 4.69) is 4.98 Å². The normalized spacial score (nSPS) is 18.8. The highest BCUT2D eigenvalue weighted by atomic mass is 32.1. The van der Waals surface area contributed by atoms with Crippen molar-refractivity contribution in [1.82, 2.24) is 9.88 Å². The van der Waals surface area contributed by atoms with E-state index >= 15 is 0 Å². The first kappa shape index (κ1) is 13.8. The van der Waals surface area contributed by atoms with Crippen LogP contribution in [0.2, 0.25) is 0 Å². The number of hydrogen-bond acceptors (Lipinski definition) is 5. The number of carbonyl (C=O) groups is 2. The van der Waals surface area contributed by atoms with Crippen molar-refractivity contribution >= 4 is 28.3 Å². The average molecular weight is 283 g/mol. The van der Waals surface area contributed by atoms with E-state index in [1.807, 2.05) is 18.7 Å². The van der Waals surface area contributed by atoms with Crippen LogP contribution in [0.5, 0.6) is 0 Å². The van der Waals surface area contributed by atoms with Crippen LogP contribution in [0.25, 0.3) is 0 Å². The van der Waals surface area contributed by atoms with Crippen LogP contribution < -0.4 is 4.90 Å². The number of piperazine rings is 1. The van der Waals surface area contributed by atoms with Gasteiger partial charge in [-0.25, -0.2) is 9.78 Å². The number of likely N-dealkylation sites (N-methyl/N-ethyl adjacent to an activating group) is 1. The maximum atomic E-state index is 12.2. The molecule has 1 fully saturated rings. The first-order chi connectivity index (χ1) is 8.75. The second kappa shape index (κ2) is 4.48. The van der Waals surface area contributed by atoms with Crippen molar-refractivity contribution in [3.63, 3.8) is 0 Å². The summed E-state index contributed by atoms with van der Waals surface area (Å²) < 4.78 is 0. The molecule has 7 heteroatoms. The maximum absolute atomic E-state index is 12.2. The van der Waals surface area contributed by atoms with Gasteiger partial charge < -0.3 is 14.9 Å². The molecule has 0 radical (unpaired) electrons. The van der Waals surface area contributed by atoms with E-state index in [1.54, 1.807) is 18.9 Å². The summed E-state index contributed by atoms with van der Waals surface area (Å²) in [6, 6.07) is 0. The van der Waals surface area contributed by atoms with Crippen LogP contribution in [0, 0.1) is 6.92 Å². The predicted octanol–water partition coefficient (Wildman–Crippen LogP) is 1.21. The number of rotatable bonds is 2. The van der Waals surface area contributed by atoms with Crippen LogP contribution in [0.3, 0.4) is 0 Å². The molecule has 0 saturated carbocycles. The lowest BCUT2D eigenvalue weighted by atomic mass is 9.99. The van der Waals surface area contributed by atoms with E-state index < -0.39 is 11.5 Å². The number of amides is 1. The van der Waals surface area contributed by atoms with Crippen LogP contribution in [0.1, 0.15) is 29.2 Å². The fraction of sp³-hybridized carbons (Fsp3) is 0.583. The minimum absolute atomic E-state index is 0.0171. The number of aryl methyl sites for hydroxylation is 1. The van der Waals surface area contributed by atoms with Crippen molar-refractivity contribution in [2.45, 2.75) is 26.3 Å². The van der Waals surface area contributed by atoms with Gasteiger partial charge in [0.25, 0.3) is 0 Å². The summed E-state index contributed by atoms with van der Waals surface area (Å²) in [6.07, 6.45) is 0. The molecular weight excluding hydrogens is 266 g/mol. The fourth-order valence-corrected chi connectivity index (χ4v) is 3.32. The Labute approximate surface area is 115 Å². The summed E-state index contributed by atoms with van der Waals surface area (Å²) >= 11 is 1.12. The molecule has 6 nitrogen and oxygen atoms in total. The number of thiazole rings is 1. The molecule has 0 aromatic carbocycles. The molecule has 1 amide bonds. The molecule has 1 saturated heterocycles. The zero-order valence-corrected chi connectivity index (χ0v) is 12.2. The van der Waals surface area contributed by atoms with Crippen LogP contribution >= 0.6 is 11.3 Å². The Balaban J connectivity index is 2.39. The van der Waals surface area contributed by atoms with Gasteiger partial charge in [0.15, 0.2) is 5.13 Å². The quantitative estimate of drug-likeness (QED) is 0.883. The Morgan fingerprint density at radius 2 is 2.05 bits per heavy atom. The first-order valence-corrected chi connectivity index (χ1v) is 6.80. The second-order valence-corrected chi connectivity index (χ2v) is 6.13. The zero-order valence-electron chi connectivity index (χ0n) is 11.4. The monoisotopic (exact) mass is 283 g/mol. The number of aromatic nitrogens is 1. The number of hydrogen-bond donors (Lipinski definition) is 1. The summed E-state index contributed by atoms with van der Waals surface area (Å²) in [4.78, 5) is 31.4. The third kappa shape index (κ3) is 2.18. The second-order valence-electron chi connectivity index (χ2n) is 5.15. The molecule has 1 aliphatic heterocycles. The van der Waals surface area contributed by atoms with Crippen LogP contribution in [0.15, 0.2) is 0 Å². The Bertz CT molecular complexity index is 538. The van der Waals surface area contributed by atoms with Gasteiger partial charge in [-0.15, -0.1) is 0 Å². The summed E-state index contributed by atoms with van der Waals surface area (Å²) in [5.41, 5.74) is -0.206. The van der Waals surface area contributed by atoms with Crippen LogP contribution in [-0.4, -0.2) is 52.5 Å². The number of anilines is 1. The maximum Gasteiger partial charge on any atom is 0.347 e. The zero-order chi connectivity index (χ0) is 14.4. The van der Waals surface area contributed by atoms with Crippen molar-refractivity contribution in [2.24, 2.45) is 0 Å². The SMILES string of the molecule is Cc1nc(N2CCN(C)C(=O)C2(C)C)sc1C(=O)O. The highest BCUT2D eigenvalue weighted by Crippen LogP contribution is 2.33. The van der Waals surface area contributed by atoms with Gasteiger partial charge in [-0.05, 0) is 20.8 Å². The highest BCUT2D eigenvalue weighted by molar-refractivity contribution is 7.17. The van der Waals surface area contributed by atoms with E-state index in [0.29, 0.717) is 23.9 Å². The van der Waals surface area contributed by atoms with Gasteiger partial charge in [-0.2, -0.15) is 0 Å². The minimum atomic E-state index is -0.973. The van der Waals surface area contributed by atoms with Crippen molar-refractivity contribution in [3.05, 3.63) is 10.6 Å². The number of nitrogens with zero attached hydrogens (tertiary/aromatic N) is 3. The van der Waals surface area contributed by atoms with Crippen LogP contribution in [0.4, 0.5) is 5.13 Å². The lowest BCUT2D eigenvalue weighted by molar-refractivity contribution is -0.136. The highest BCUT2D eigenvalue weighted by Gasteiger charge is 2.42. The van der Waals surface area contributed by atoms with E-state index in [1.165, 1.54) is 0 Å². The molecule has 2 rings (SSSR count). The lowest BCUT2D eigenvalue weighted by Gasteiger charge is -2.44. The summed E-state index contributed by atoms with van der Waals surface area (Å²) in [7, 11) is 1.78. The average Bonchev–Trinajstić information content (AvgIpc) is 2.68. The number of aromatic carboxylic acids is 1. The summed E-state index contributed by atoms with van der Waals surface area (Å²) in [6.45, 7) is 6.61. The molecule has 1 N–H and O–H groups in total. The van der Waals surface area contributed by atoms with Gasteiger partial charge in [0.05, 0.1) is 5.69 Å². The summed E-state index contributed by atoms with van der Waals surface area (Å²) in [5.74, 6) is -0.956. The van der Waals surface area contributed by atoms with Gasteiger partial charge in [-0.3, -0.25) is 4.79 Å². The van der Waals surface area contributed by atoms with E-state index in [4.69, 9.17) is 5.11 Å². The van der Waals surface area contributed by atoms with Crippen molar-refractivity contribution < 1.29 is 14.7 Å². The van der Waals surface area contributed by atoms with Crippen molar-refractivity contribution in [1.29, 1.82) is 0 Å². The molecule has 1 aromatic heterocycles. The minimum Gasteiger partial charge on any atom is -0.477 e.